The molecule has 33 heavy (non-hydrogen) atoms. The summed E-state index contributed by atoms with van der Waals surface area (Å²) in [6, 6.07) is 11.2. The smallest absolute Gasteiger partial charge is 0.337 e. The molecule has 2 saturated carbocycles. The van der Waals surface area contributed by atoms with Crippen LogP contribution in [0.3, 0.4) is 0 Å². The van der Waals surface area contributed by atoms with Crippen molar-refractivity contribution in [1.29, 1.82) is 0 Å². The van der Waals surface area contributed by atoms with E-state index in [1.54, 1.807) is 6.07 Å². The molecule has 0 bridgehead atoms. The van der Waals surface area contributed by atoms with Gasteiger partial charge in [-0.1, -0.05) is 62.5 Å². The van der Waals surface area contributed by atoms with Gasteiger partial charge in [0.2, 0.25) is 0 Å². The Hall–Kier alpha value is -3.06. The van der Waals surface area contributed by atoms with Gasteiger partial charge in [0.15, 0.2) is 0 Å². The number of rotatable bonds is 4. The summed E-state index contributed by atoms with van der Waals surface area (Å²) in [4.78, 5) is 24.9. The van der Waals surface area contributed by atoms with E-state index in [0.29, 0.717) is 34.2 Å². The number of carbonyl (C=O) groups excluding carboxylic acids is 1. The lowest BCUT2D eigenvalue weighted by molar-refractivity contribution is 0.0698. The third kappa shape index (κ3) is 5.85. The van der Waals surface area contributed by atoms with Crippen molar-refractivity contribution < 1.29 is 14.7 Å². The first-order valence-electron chi connectivity index (χ1n) is 12.3. The molecule has 0 saturated heterocycles. The van der Waals surface area contributed by atoms with Crippen molar-refractivity contribution in [3.05, 3.63) is 64.2 Å². The van der Waals surface area contributed by atoms with Gasteiger partial charge in [-0.3, -0.25) is 4.79 Å². The Labute approximate surface area is 196 Å². The number of hydrogen-bond donors (Lipinski definition) is 2. The minimum Gasteiger partial charge on any atom is -0.478 e. The molecule has 2 aromatic rings. The van der Waals surface area contributed by atoms with Gasteiger partial charge in [-0.25, -0.2) is 4.79 Å². The summed E-state index contributed by atoms with van der Waals surface area (Å²) in [6.45, 7) is 1.82. The average molecular weight is 444 g/mol. The van der Waals surface area contributed by atoms with E-state index in [1.165, 1.54) is 56.9 Å². The lowest BCUT2D eigenvalue weighted by Crippen LogP contribution is -2.16. The van der Waals surface area contributed by atoms with Crippen LogP contribution in [0, 0.1) is 24.7 Å². The quantitative estimate of drug-likeness (QED) is 0.504. The van der Waals surface area contributed by atoms with Crippen LogP contribution in [-0.4, -0.2) is 17.0 Å². The number of amides is 1. The second-order valence-electron chi connectivity index (χ2n) is 9.54. The van der Waals surface area contributed by atoms with Gasteiger partial charge >= 0.3 is 5.97 Å². The Morgan fingerprint density at radius 3 is 2.18 bits per heavy atom. The molecular formula is C29H33NO3. The van der Waals surface area contributed by atoms with Crippen LogP contribution in [0.4, 0.5) is 5.69 Å². The molecule has 1 amide bonds. The second-order valence-corrected chi connectivity index (χ2v) is 9.54. The number of aromatic carboxylic acids is 1. The van der Waals surface area contributed by atoms with E-state index in [1.807, 2.05) is 37.3 Å². The van der Waals surface area contributed by atoms with Crippen molar-refractivity contribution in [3.8, 4) is 11.8 Å². The SMILES string of the molecule is Cc1cc(C#CC2CCCCC2)cc(C(=O)O)c1NC(=O)c1ccc(C2CCCCC2)cc1. The van der Waals surface area contributed by atoms with E-state index in [4.69, 9.17) is 0 Å². The molecule has 0 atom stereocenters. The van der Waals surface area contributed by atoms with Crippen LogP contribution in [0.1, 0.15) is 108 Å². The van der Waals surface area contributed by atoms with Gasteiger partial charge < -0.3 is 10.4 Å². The van der Waals surface area contributed by atoms with Crippen LogP contribution >= 0.6 is 0 Å². The number of carboxylic acids is 1. The molecule has 4 nitrogen and oxygen atoms in total. The number of hydrogen-bond acceptors (Lipinski definition) is 2. The molecule has 4 rings (SSSR count). The number of nitrogens with one attached hydrogen (secondary N) is 1. The van der Waals surface area contributed by atoms with Crippen LogP contribution in [0.5, 0.6) is 0 Å². The van der Waals surface area contributed by atoms with Gasteiger partial charge in [0, 0.05) is 17.0 Å². The maximum Gasteiger partial charge on any atom is 0.337 e. The average Bonchev–Trinajstić information content (AvgIpc) is 2.85. The molecule has 4 heteroatoms. The van der Waals surface area contributed by atoms with Crippen molar-refractivity contribution in [2.24, 2.45) is 5.92 Å². The largest absolute Gasteiger partial charge is 0.478 e. The lowest BCUT2D eigenvalue weighted by Gasteiger charge is -2.22. The van der Waals surface area contributed by atoms with Crippen molar-refractivity contribution in [3.63, 3.8) is 0 Å². The van der Waals surface area contributed by atoms with Crippen molar-refractivity contribution >= 4 is 17.6 Å². The normalized spacial score (nSPS) is 17.1. The third-order valence-corrected chi connectivity index (χ3v) is 7.08. The first-order valence-corrected chi connectivity index (χ1v) is 12.3. The zero-order valence-electron chi connectivity index (χ0n) is 19.5. The number of anilines is 1. The zero-order valence-corrected chi connectivity index (χ0v) is 19.5. The molecule has 0 heterocycles. The monoisotopic (exact) mass is 443 g/mol. The molecule has 2 aromatic carbocycles. The Balaban J connectivity index is 1.51. The molecular weight excluding hydrogens is 410 g/mol. The third-order valence-electron chi connectivity index (χ3n) is 7.08. The second kappa shape index (κ2) is 10.7. The Morgan fingerprint density at radius 2 is 1.55 bits per heavy atom. The molecule has 2 N–H and O–H groups in total. The maximum atomic E-state index is 12.9. The first kappa shape index (κ1) is 23.1. The molecule has 0 radical (unpaired) electrons. The minimum atomic E-state index is -1.07. The molecule has 2 aliphatic carbocycles. The Bertz CT molecular complexity index is 1060. The molecule has 0 unspecified atom stereocenters. The van der Waals surface area contributed by atoms with Gasteiger partial charge in [0.25, 0.3) is 5.91 Å². The van der Waals surface area contributed by atoms with Gasteiger partial charge in [0.1, 0.15) is 0 Å². The van der Waals surface area contributed by atoms with E-state index in [0.717, 1.165) is 12.8 Å². The summed E-state index contributed by atoms with van der Waals surface area (Å²) < 4.78 is 0. The lowest BCUT2D eigenvalue weighted by atomic mass is 9.84. The van der Waals surface area contributed by atoms with Crippen LogP contribution in [0.25, 0.3) is 0 Å². The Morgan fingerprint density at radius 1 is 0.909 bits per heavy atom. The summed E-state index contributed by atoms with van der Waals surface area (Å²) in [7, 11) is 0. The predicted molar refractivity (Wildman–Crippen MR) is 132 cm³/mol. The molecule has 0 spiro atoms. The number of carboxylic acid groups (broad SMARTS) is 1. The van der Waals surface area contributed by atoms with E-state index < -0.39 is 5.97 Å². The number of benzene rings is 2. The van der Waals surface area contributed by atoms with E-state index in [2.05, 4.69) is 17.2 Å². The predicted octanol–water partition coefficient (Wildman–Crippen LogP) is 6.93. The van der Waals surface area contributed by atoms with Gasteiger partial charge in [-0.15, -0.1) is 0 Å². The van der Waals surface area contributed by atoms with Crippen LogP contribution in [-0.2, 0) is 0 Å². The fourth-order valence-electron chi connectivity index (χ4n) is 5.15. The fraction of sp³-hybridized carbons (Fsp3) is 0.448. The highest BCUT2D eigenvalue weighted by molar-refractivity contribution is 6.08. The summed E-state index contributed by atoms with van der Waals surface area (Å²) in [5.74, 6) is 6.11. The topological polar surface area (TPSA) is 66.4 Å². The minimum absolute atomic E-state index is 0.0788. The van der Waals surface area contributed by atoms with Crippen LogP contribution in [0.2, 0.25) is 0 Å². The van der Waals surface area contributed by atoms with E-state index in [9.17, 15) is 14.7 Å². The van der Waals surface area contributed by atoms with Gasteiger partial charge in [-0.05, 0) is 73.9 Å². The van der Waals surface area contributed by atoms with Crippen LogP contribution in [0.15, 0.2) is 36.4 Å². The van der Waals surface area contributed by atoms with Gasteiger partial charge in [0.05, 0.1) is 11.3 Å². The van der Waals surface area contributed by atoms with Crippen molar-refractivity contribution in [1.82, 2.24) is 0 Å². The molecule has 0 aromatic heterocycles. The summed E-state index contributed by atoms with van der Waals surface area (Å²) in [5.41, 5.74) is 3.63. The summed E-state index contributed by atoms with van der Waals surface area (Å²) >= 11 is 0. The van der Waals surface area contributed by atoms with Crippen LogP contribution < -0.4 is 5.32 Å². The van der Waals surface area contributed by atoms with Gasteiger partial charge in [-0.2, -0.15) is 0 Å². The fourth-order valence-corrected chi connectivity index (χ4v) is 5.15. The highest BCUT2D eigenvalue weighted by Gasteiger charge is 2.19. The zero-order chi connectivity index (χ0) is 23.2. The summed E-state index contributed by atoms with van der Waals surface area (Å²) in [6.07, 6.45) is 12.2. The first-order chi connectivity index (χ1) is 16.0. The van der Waals surface area contributed by atoms with Crippen molar-refractivity contribution in [2.75, 3.05) is 5.32 Å². The standard InChI is InChI=1S/C29H33NO3/c1-20-18-22(13-12-21-8-4-2-5-9-21)19-26(29(32)33)27(20)30-28(31)25-16-14-24(15-17-25)23-10-6-3-7-11-23/h14-19,21,23H,2-11H2,1H3,(H,30,31)(H,32,33). The highest BCUT2D eigenvalue weighted by Crippen LogP contribution is 2.33. The number of carbonyl (C=O) groups is 2. The van der Waals surface area contributed by atoms with Crippen molar-refractivity contribution in [2.45, 2.75) is 77.0 Å². The molecule has 172 valence electrons. The maximum absolute atomic E-state index is 12.9. The molecule has 0 aliphatic heterocycles. The highest BCUT2D eigenvalue weighted by atomic mass is 16.4. The van der Waals surface area contributed by atoms with E-state index >= 15 is 0 Å². The Kier molecular flexibility index (Phi) is 7.50. The van der Waals surface area contributed by atoms with E-state index in [-0.39, 0.29) is 11.5 Å². The number of aryl methyl sites for hydroxylation is 1. The summed E-state index contributed by atoms with van der Waals surface area (Å²) in [5, 5.41) is 12.6. The molecule has 2 fully saturated rings. The molecule has 2 aliphatic rings.